The molecule has 0 fully saturated rings. The summed E-state index contributed by atoms with van der Waals surface area (Å²) in [5, 5.41) is 17.9. The van der Waals surface area contributed by atoms with Gasteiger partial charge in [0.2, 0.25) is 5.69 Å². The van der Waals surface area contributed by atoms with Gasteiger partial charge in [0.15, 0.2) is 0 Å². The van der Waals surface area contributed by atoms with Crippen molar-refractivity contribution in [3.63, 3.8) is 0 Å². The molecule has 0 spiro atoms. The monoisotopic (exact) mass is 247 g/mol. The quantitative estimate of drug-likeness (QED) is 0.458. The third kappa shape index (κ3) is 2.48. The molecule has 92 valence electrons. The Kier molecular flexibility index (Phi) is 3.28. The molecule has 0 aliphatic carbocycles. The average molecular weight is 247 g/mol. The number of hydrazone groups is 1. The molecule has 0 radical (unpaired) electrons. The van der Waals surface area contributed by atoms with Crippen LogP contribution in [-0.2, 0) is 0 Å². The van der Waals surface area contributed by atoms with Gasteiger partial charge in [-0.05, 0) is 22.6 Å². The smallest absolute Gasteiger partial charge is 0.322 e. The number of pyridine rings is 1. The molecule has 0 bridgehead atoms. The molecule has 0 saturated heterocycles. The fourth-order valence-corrected chi connectivity index (χ4v) is 1.17. The molecule has 2 heterocycles. The molecule has 2 rings (SSSR count). The molecule has 0 saturated carbocycles. The van der Waals surface area contributed by atoms with Gasteiger partial charge in [0, 0.05) is 19.3 Å². The van der Waals surface area contributed by atoms with Crippen molar-refractivity contribution in [2.24, 2.45) is 5.10 Å². The highest BCUT2D eigenvalue weighted by molar-refractivity contribution is 5.93. The summed E-state index contributed by atoms with van der Waals surface area (Å²) in [4.78, 5) is 15.6. The van der Waals surface area contributed by atoms with Crippen LogP contribution < -0.4 is 10.3 Å². The molecule has 0 aliphatic rings. The summed E-state index contributed by atoms with van der Waals surface area (Å²) in [6, 6.07) is 3.45. The van der Waals surface area contributed by atoms with Crippen LogP contribution in [0.1, 0.15) is 21.7 Å². The third-order valence-corrected chi connectivity index (χ3v) is 2.12. The first-order valence-corrected chi connectivity index (χ1v) is 4.98. The predicted octanol–water partition coefficient (Wildman–Crippen LogP) is -0.225. The van der Waals surface area contributed by atoms with E-state index in [0.29, 0.717) is 0 Å². The van der Waals surface area contributed by atoms with Crippen molar-refractivity contribution >= 4 is 12.1 Å². The highest BCUT2D eigenvalue weighted by Gasteiger charge is 2.22. The van der Waals surface area contributed by atoms with Crippen LogP contribution in [0.4, 0.5) is 0 Å². The number of nitrogens with one attached hydrogen (secondary N) is 1. The predicted molar refractivity (Wildman–Crippen MR) is 59.5 cm³/mol. The van der Waals surface area contributed by atoms with E-state index in [2.05, 4.69) is 25.3 Å². The van der Waals surface area contributed by atoms with Crippen molar-refractivity contribution in [3.8, 4) is 0 Å². The number of hydrogen-bond donors (Lipinski definition) is 1. The summed E-state index contributed by atoms with van der Waals surface area (Å²) in [7, 11) is 0. The number of amides is 1. The van der Waals surface area contributed by atoms with E-state index in [9.17, 15) is 10.0 Å². The number of hydrogen-bond acceptors (Lipinski definition) is 6. The molecule has 18 heavy (non-hydrogen) atoms. The molecular weight excluding hydrogens is 238 g/mol. The van der Waals surface area contributed by atoms with Gasteiger partial charge in [-0.1, -0.05) is 0 Å². The lowest BCUT2D eigenvalue weighted by molar-refractivity contribution is -0.806. The molecule has 2 aromatic rings. The number of carbonyl (C=O) groups excluding carboxylic acids is 1. The first-order valence-electron chi connectivity index (χ1n) is 4.98. The molecule has 0 unspecified atom stereocenters. The number of carbonyl (C=O) groups is 1. The Morgan fingerprint density at radius 3 is 2.89 bits per heavy atom. The second kappa shape index (κ2) is 5.04. The van der Waals surface area contributed by atoms with E-state index in [0.717, 1.165) is 5.56 Å². The highest BCUT2D eigenvalue weighted by atomic mass is 16.8. The van der Waals surface area contributed by atoms with Crippen LogP contribution in [0, 0.1) is 12.1 Å². The molecule has 8 nitrogen and oxygen atoms in total. The van der Waals surface area contributed by atoms with Crippen LogP contribution in [0.3, 0.4) is 0 Å². The summed E-state index contributed by atoms with van der Waals surface area (Å²) in [5.74, 6) is -0.615. The number of rotatable bonds is 3. The van der Waals surface area contributed by atoms with E-state index in [1.807, 2.05) is 0 Å². The lowest BCUT2D eigenvalue weighted by Gasteiger charge is -1.93. The summed E-state index contributed by atoms with van der Waals surface area (Å²) in [5.41, 5.74) is 2.99. The Morgan fingerprint density at radius 1 is 1.56 bits per heavy atom. The van der Waals surface area contributed by atoms with Crippen molar-refractivity contribution < 1.29 is 14.3 Å². The maximum absolute atomic E-state index is 11.6. The first-order chi connectivity index (χ1) is 8.68. The van der Waals surface area contributed by atoms with E-state index in [1.54, 1.807) is 24.5 Å². The first kappa shape index (κ1) is 11.7. The lowest BCUT2D eigenvalue weighted by atomic mass is 10.3. The van der Waals surface area contributed by atoms with Crippen molar-refractivity contribution in [1.29, 1.82) is 0 Å². The van der Waals surface area contributed by atoms with Gasteiger partial charge < -0.3 is 5.21 Å². The molecular formula is C10H9N5O3. The summed E-state index contributed by atoms with van der Waals surface area (Å²) in [6.07, 6.45) is 4.65. The zero-order valence-corrected chi connectivity index (χ0v) is 9.40. The van der Waals surface area contributed by atoms with Gasteiger partial charge >= 0.3 is 11.6 Å². The van der Waals surface area contributed by atoms with Gasteiger partial charge in [0.25, 0.3) is 0 Å². The molecule has 1 N–H and O–H groups in total. The fourth-order valence-electron chi connectivity index (χ4n) is 1.17. The Labute approximate surface area is 101 Å². The number of nitrogens with zero attached hydrogens (tertiary/aromatic N) is 4. The Balaban J connectivity index is 2.01. The van der Waals surface area contributed by atoms with Gasteiger partial charge in [0.1, 0.15) is 0 Å². The minimum absolute atomic E-state index is 0.0756. The van der Waals surface area contributed by atoms with E-state index >= 15 is 0 Å². The second-order valence-corrected chi connectivity index (χ2v) is 3.34. The van der Waals surface area contributed by atoms with E-state index in [1.165, 1.54) is 13.1 Å². The zero-order valence-electron chi connectivity index (χ0n) is 9.40. The SMILES string of the molecule is Cc1c(C(=O)NN=Cc2ccncc2)no[n+]1[O-]. The Bertz CT molecular complexity index is 578. The molecule has 0 aromatic carbocycles. The molecule has 8 heteroatoms. The average Bonchev–Trinajstić information content (AvgIpc) is 2.71. The largest absolute Gasteiger partial charge is 0.359 e. The Hall–Kier alpha value is -2.77. The summed E-state index contributed by atoms with van der Waals surface area (Å²) in [6.45, 7) is 1.42. The minimum Gasteiger partial charge on any atom is -0.359 e. The van der Waals surface area contributed by atoms with Gasteiger partial charge in [-0.15, -0.1) is 0 Å². The van der Waals surface area contributed by atoms with Gasteiger partial charge in [-0.25, -0.2) is 5.43 Å². The van der Waals surface area contributed by atoms with Crippen LogP contribution in [0.15, 0.2) is 34.3 Å². The molecule has 1 amide bonds. The summed E-state index contributed by atoms with van der Waals surface area (Å²) >= 11 is 0. The van der Waals surface area contributed by atoms with E-state index in [4.69, 9.17) is 0 Å². The fraction of sp³-hybridized carbons (Fsp3) is 0.100. The standard InChI is InChI=1S/C10H9N5O3/c1-7-9(14-18-15(7)17)10(16)13-12-6-8-2-4-11-5-3-8/h2-6H,1H3,(H,13,16). The topological polar surface area (TPSA) is 107 Å². The molecule has 0 atom stereocenters. The summed E-state index contributed by atoms with van der Waals surface area (Å²) < 4.78 is 4.27. The van der Waals surface area contributed by atoms with Crippen LogP contribution >= 0.6 is 0 Å². The normalized spacial score (nSPS) is 10.7. The maximum Gasteiger partial charge on any atom is 0.322 e. The highest BCUT2D eigenvalue weighted by Crippen LogP contribution is 1.98. The van der Waals surface area contributed by atoms with Crippen molar-refractivity contribution in [2.75, 3.05) is 0 Å². The van der Waals surface area contributed by atoms with E-state index in [-0.39, 0.29) is 16.3 Å². The van der Waals surface area contributed by atoms with Crippen molar-refractivity contribution in [3.05, 3.63) is 46.7 Å². The molecule has 0 aliphatic heterocycles. The maximum atomic E-state index is 11.6. The van der Waals surface area contributed by atoms with Gasteiger partial charge in [0.05, 0.1) is 11.4 Å². The zero-order chi connectivity index (χ0) is 13.0. The van der Waals surface area contributed by atoms with Crippen molar-refractivity contribution in [1.82, 2.24) is 15.6 Å². The Morgan fingerprint density at radius 2 is 2.28 bits per heavy atom. The van der Waals surface area contributed by atoms with Crippen LogP contribution in [-0.4, -0.2) is 22.3 Å². The van der Waals surface area contributed by atoms with Gasteiger partial charge in [-0.2, -0.15) is 5.10 Å². The van der Waals surface area contributed by atoms with Crippen LogP contribution in [0.25, 0.3) is 0 Å². The molecule has 2 aromatic heterocycles. The minimum atomic E-state index is -0.615. The second-order valence-electron chi connectivity index (χ2n) is 3.34. The van der Waals surface area contributed by atoms with Crippen LogP contribution in [0.5, 0.6) is 0 Å². The van der Waals surface area contributed by atoms with E-state index < -0.39 is 5.91 Å². The third-order valence-electron chi connectivity index (χ3n) is 2.12. The lowest BCUT2D eigenvalue weighted by Crippen LogP contribution is -2.28. The van der Waals surface area contributed by atoms with Crippen molar-refractivity contribution in [2.45, 2.75) is 6.92 Å². The van der Waals surface area contributed by atoms with Gasteiger partial charge in [-0.3, -0.25) is 14.4 Å². The number of aromatic nitrogens is 3. The van der Waals surface area contributed by atoms with Crippen LogP contribution in [0.2, 0.25) is 0 Å².